The van der Waals surface area contributed by atoms with E-state index in [0.29, 0.717) is 5.41 Å². The molecule has 1 heterocycles. The number of amides is 2. The van der Waals surface area contributed by atoms with Gasteiger partial charge in [-0.25, -0.2) is 4.79 Å². The zero-order valence-electron chi connectivity index (χ0n) is 11.3. The van der Waals surface area contributed by atoms with Gasteiger partial charge in [0.25, 0.3) is 0 Å². The zero-order chi connectivity index (χ0) is 12.3. The molecule has 0 aromatic rings. The number of carbonyl (C=O) groups is 1. The van der Waals surface area contributed by atoms with Gasteiger partial charge in [0.1, 0.15) is 0 Å². The predicted octanol–water partition coefficient (Wildman–Crippen LogP) is 3.01. The monoisotopic (exact) mass is 238 g/mol. The van der Waals surface area contributed by atoms with Crippen molar-refractivity contribution >= 4 is 6.03 Å². The van der Waals surface area contributed by atoms with Crippen LogP contribution in [0.25, 0.3) is 0 Å². The second kappa shape index (κ2) is 5.28. The summed E-state index contributed by atoms with van der Waals surface area (Å²) in [7, 11) is 1.72. The average Bonchev–Trinajstić information content (AvgIpc) is 2.40. The van der Waals surface area contributed by atoms with Crippen LogP contribution in [0, 0.1) is 11.3 Å². The molecule has 0 radical (unpaired) electrons. The minimum Gasteiger partial charge on any atom is -0.341 e. The summed E-state index contributed by atoms with van der Waals surface area (Å²) in [6, 6.07) is 0.0992. The molecular weight excluding hydrogens is 212 g/mol. The molecule has 1 aliphatic carbocycles. The van der Waals surface area contributed by atoms with Crippen LogP contribution >= 0.6 is 0 Å². The number of nitrogens with zero attached hydrogens (tertiary/aromatic N) is 1. The van der Waals surface area contributed by atoms with Gasteiger partial charge in [0.05, 0.1) is 0 Å². The molecule has 0 unspecified atom stereocenters. The first-order valence-electron chi connectivity index (χ1n) is 7.16. The van der Waals surface area contributed by atoms with Gasteiger partial charge in [-0.15, -0.1) is 0 Å². The summed E-state index contributed by atoms with van der Waals surface area (Å²) < 4.78 is 0. The van der Waals surface area contributed by atoms with Crippen molar-refractivity contribution in [2.45, 2.75) is 51.9 Å². The fraction of sp³-hybridized carbons (Fsp3) is 0.929. The van der Waals surface area contributed by atoms with Crippen LogP contribution < -0.4 is 5.32 Å². The van der Waals surface area contributed by atoms with E-state index in [2.05, 4.69) is 12.2 Å². The summed E-state index contributed by atoms with van der Waals surface area (Å²) in [6.07, 6.45) is 9.40. The molecule has 0 atom stereocenters. The Bertz CT molecular complexity index is 259. The third-order valence-electron chi connectivity index (χ3n) is 5.07. The van der Waals surface area contributed by atoms with Crippen LogP contribution in [0.1, 0.15) is 51.9 Å². The molecule has 2 fully saturated rings. The number of hydrogen-bond acceptors (Lipinski definition) is 1. The Labute approximate surface area is 105 Å². The van der Waals surface area contributed by atoms with Crippen LogP contribution in [0.2, 0.25) is 0 Å². The number of likely N-dealkylation sites (tertiary alicyclic amines) is 1. The van der Waals surface area contributed by atoms with E-state index in [1.807, 2.05) is 4.90 Å². The second-order valence-electron chi connectivity index (χ2n) is 5.89. The minimum atomic E-state index is 0.0992. The molecule has 1 saturated carbocycles. The highest BCUT2D eigenvalue weighted by molar-refractivity contribution is 5.73. The lowest BCUT2D eigenvalue weighted by Gasteiger charge is -2.45. The van der Waals surface area contributed by atoms with Crippen molar-refractivity contribution < 1.29 is 4.79 Å². The summed E-state index contributed by atoms with van der Waals surface area (Å²) in [5.41, 5.74) is 0.580. The van der Waals surface area contributed by atoms with Gasteiger partial charge in [0, 0.05) is 20.1 Å². The molecule has 3 nitrogen and oxygen atoms in total. The molecule has 2 amide bonds. The van der Waals surface area contributed by atoms with Crippen LogP contribution in [0.5, 0.6) is 0 Å². The van der Waals surface area contributed by atoms with E-state index >= 15 is 0 Å². The first-order chi connectivity index (χ1) is 8.19. The second-order valence-corrected chi connectivity index (χ2v) is 5.89. The van der Waals surface area contributed by atoms with Gasteiger partial charge < -0.3 is 10.2 Å². The highest BCUT2D eigenvalue weighted by atomic mass is 16.2. The Morgan fingerprint density at radius 2 is 1.82 bits per heavy atom. The molecule has 17 heavy (non-hydrogen) atoms. The fourth-order valence-electron chi connectivity index (χ4n) is 3.54. The number of piperidine rings is 1. The topological polar surface area (TPSA) is 32.3 Å². The van der Waals surface area contributed by atoms with Crippen molar-refractivity contribution in [3.05, 3.63) is 0 Å². The molecule has 0 aromatic carbocycles. The zero-order valence-corrected chi connectivity index (χ0v) is 11.3. The average molecular weight is 238 g/mol. The Hall–Kier alpha value is -0.730. The van der Waals surface area contributed by atoms with E-state index in [1.54, 1.807) is 7.05 Å². The summed E-state index contributed by atoms with van der Waals surface area (Å²) in [5, 5.41) is 2.73. The van der Waals surface area contributed by atoms with E-state index in [9.17, 15) is 4.79 Å². The Kier molecular flexibility index (Phi) is 3.95. The maximum atomic E-state index is 11.6. The van der Waals surface area contributed by atoms with Crippen molar-refractivity contribution in [2.24, 2.45) is 11.3 Å². The smallest absolute Gasteiger partial charge is 0.317 e. The van der Waals surface area contributed by atoms with Gasteiger partial charge in [-0.05, 0) is 49.9 Å². The van der Waals surface area contributed by atoms with Gasteiger partial charge in [0.2, 0.25) is 0 Å². The fourth-order valence-corrected chi connectivity index (χ4v) is 3.54. The highest BCUT2D eigenvalue weighted by Gasteiger charge is 2.38. The predicted molar refractivity (Wildman–Crippen MR) is 69.9 cm³/mol. The molecule has 1 saturated heterocycles. The van der Waals surface area contributed by atoms with E-state index in [1.165, 1.54) is 44.9 Å². The van der Waals surface area contributed by atoms with Gasteiger partial charge in [0.15, 0.2) is 0 Å². The van der Waals surface area contributed by atoms with Gasteiger partial charge in [-0.3, -0.25) is 0 Å². The van der Waals surface area contributed by atoms with Crippen molar-refractivity contribution in [2.75, 3.05) is 20.1 Å². The molecule has 1 spiro atoms. The summed E-state index contributed by atoms with van der Waals surface area (Å²) in [4.78, 5) is 13.5. The van der Waals surface area contributed by atoms with Crippen LogP contribution in [0.4, 0.5) is 4.79 Å². The lowest BCUT2D eigenvalue weighted by Crippen LogP contribution is -2.47. The first kappa shape index (κ1) is 12.7. The van der Waals surface area contributed by atoms with Gasteiger partial charge in [-0.2, -0.15) is 0 Å². The maximum absolute atomic E-state index is 11.6. The Morgan fingerprint density at radius 1 is 1.24 bits per heavy atom. The van der Waals surface area contributed by atoms with E-state index in [0.717, 1.165) is 19.0 Å². The quantitative estimate of drug-likeness (QED) is 0.748. The van der Waals surface area contributed by atoms with Gasteiger partial charge in [-0.1, -0.05) is 13.3 Å². The molecule has 98 valence electrons. The largest absolute Gasteiger partial charge is 0.341 e. The Morgan fingerprint density at radius 3 is 2.29 bits per heavy atom. The minimum absolute atomic E-state index is 0.0992. The highest BCUT2D eigenvalue weighted by Crippen LogP contribution is 2.46. The van der Waals surface area contributed by atoms with Crippen LogP contribution in [-0.4, -0.2) is 31.1 Å². The lowest BCUT2D eigenvalue weighted by molar-refractivity contribution is 0.0642. The normalized spacial score (nSPS) is 24.9. The summed E-state index contributed by atoms with van der Waals surface area (Å²) in [6.45, 7) is 4.23. The number of nitrogens with one attached hydrogen (secondary N) is 1. The van der Waals surface area contributed by atoms with Crippen molar-refractivity contribution in [3.63, 3.8) is 0 Å². The Balaban J connectivity index is 1.84. The SMILES string of the molecule is CCC1CCC2(CC1)CCN(C(=O)NC)CC2. The molecular formula is C14H26N2O. The molecule has 1 aliphatic heterocycles. The van der Waals surface area contributed by atoms with Crippen LogP contribution in [0.15, 0.2) is 0 Å². The van der Waals surface area contributed by atoms with Gasteiger partial charge >= 0.3 is 6.03 Å². The number of urea groups is 1. The molecule has 2 aliphatic rings. The number of rotatable bonds is 1. The molecule has 0 bridgehead atoms. The summed E-state index contributed by atoms with van der Waals surface area (Å²) >= 11 is 0. The van der Waals surface area contributed by atoms with Crippen molar-refractivity contribution in [1.82, 2.24) is 10.2 Å². The summed E-state index contributed by atoms with van der Waals surface area (Å²) in [5.74, 6) is 0.970. The van der Waals surface area contributed by atoms with Crippen molar-refractivity contribution in [3.8, 4) is 0 Å². The molecule has 2 rings (SSSR count). The van der Waals surface area contributed by atoms with E-state index < -0.39 is 0 Å². The molecule has 0 aromatic heterocycles. The standard InChI is InChI=1S/C14H26N2O/c1-3-12-4-6-14(7-5-12)8-10-16(11-9-14)13(17)15-2/h12H,3-11H2,1-2H3,(H,15,17). The lowest BCUT2D eigenvalue weighted by atomic mass is 9.65. The maximum Gasteiger partial charge on any atom is 0.317 e. The van der Waals surface area contributed by atoms with Crippen LogP contribution in [0.3, 0.4) is 0 Å². The van der Waals surface area contributed by atoms with Crippen LogP contribution in [-0.2, 0) is 0 Å². The third-order valence-corrected chi connectivity index (χ3v) is 5.07. The molecule has 1 N–H and O–H groups in total. The number of hydrogen-bond donors (Lipinski definition) is 1. The third kappa shape index (κ3) is 2.75. The molecule has 3 heteroatoms. The van der Waals surface area contributed by atoms with E-state index in [-0.39, 0.29) is 6.03 Å². The number of carbonyl (C=O) groups excluding carboxylic acids is 1. The van der Waals surface area contributed by atoms with E-state index in [4.69, 9.17) is 0 Å². The first-order valence-corrected chi connectivity index (χ1v) is 7.16. The van der Waals surface area contributed by atoms with Crippen molar-refractivity contribution in [1.29, 1.82) is 0 Å².